The van der Waals surface area contributed by atoms with Gasteiger partial charge in [-0.25, -0.2) is 15.0 Å². The molecular weight excluding hydrogens is 322 g/mol. The molecule has 132 valence electrons. The second-order valence-corrected chi connectivity index (χ2v) is 6.07. The Morgan fingerprint density at radius 2 is 1.72 bits per heavy atom. The Hall–Kier alpha value is -2.78. The molecule has 25 heavy (non-hydrogen) atoms. The van der Waals surface area contributed by atoms with Crippen molar-refractivity contribution in [3.05, 3.63) is 46.3 Å². The molecule has 0 radical (unpaired) electrons. The van der Waals surface area contributed by atoms with Crippen molar-refractivity contribution in [3.8, 4) is 0 Å². The van der Waals surface area contributed by atoms with Gasteiger partial charge in [0.2, 0.25) is 11.6 Å². The van der Waals surface area contributed by atoms with Crippen LogP contribution in [0.3, 0.4) is 0 Å². The molecule has 1 fully saturated rings. The lowest BCUT2D eigenvalue weighted by molar-refractivity contribution is -0.383. The van der Waals surface area contributed by atoms with Crippen LogP contribution in [-0.4, -0.2) is 58.0 Å². The van der Waals surface area contributed by atoms with Gasteiger partial charge < -0.3 is 10.2 Å². The lowest BCUT2D eigenvalue weighted by atomic mass is 10.2. The quantitative estimate of drug-likeness (QED) is 0.628. The normalized spacial score (nSPS) is 15.8. The molecule has 2 aromatic rings. The van der Waals surface area contributed by atoms with Crippen molar-refractivity contribution in [2.75, 3.05) is 44.0 Å². The van der Waals surface area contributed by atoms with E-state index in [2.05, 4.69) is 25.6 Å². The highest BCUT2D eigenvalue weighted by molar-refractivity contribution is 5.73. The minimum Gasteiger partial charge on any atom is -0.334 e. The molecule has 0 bridgehead atoms. The minimum absolute atomic E-state index is 0.165. The van der Waals surface area contributed by atoms with Gasteiger partial charge in [0, 0.05) is 31.9 Å². The summed E-state index contributed by atoms with van der Waals surface area (Å²) in [6.45, 7) is 5.28. The van der Waals surface area contributed by atoms with Crippen molar-refractivity contribution < 1.29 is 4.92 Å². The highest BCUT2D eigenvalue weighted by Gasteiger charge is 2.25. The van der Waals surface area contributed by atoms with E-state index in [1.807, 2.05) is 43.2 Å². The minimum atomic E-state index is -0.463. The predicted octanol–water partition coefficient (Wildman–Crippen LogP) is 2.01. The van der Waals surface area contributed by atoms with Crippen molar-refractivity contribution in [3.63, 3.8) is 0 Å². The lowest BCUT2D eigenvalue weighted by Crippen LogP contribution is -2.47. The summed E-state index contributed by atoms with van der Waals surface area (Å²) in [6.07, 6.45) is 1.32. The molecule has 0 amide bonds. The topological polar surface area (TPSA) is 99.5 Å². The van der Waals surface area contributed by atoms with E-state index < -0.39 is 4.92 Å². The van der Waals surface area contributed by atoms with Crippen molar-refractivity contribution in [2.24, 2.45) is 0 Å². The first-order valence-corrected chi connectivity index (χ1v) is 8.06. The van der Waals surface area contributed by atoms with Crippen LogP contribution in [0.25, 0.3) is 0 Å². The molecule has 2 heterocycles. The molecule has 1 aromatic heterocycles. The van der Waals surface area contributed by atoms with Gasteiger partial charge in [0.1, 0.15) is 6.33 Å². The van der Waals surface area contributed by atoms with Crippen molar-refractivity contribution in [2.45, 2.75) is 6.92 Å². The Labute approximate surface area is 145 Å². The summed E-state index contributed by atoms with van der Waals surface area (Å²) in [7, 11) is 2.05. The van der Waals surface area contributed by atoms with Crippen LogP contribution >= 0.6 is 0 Å². The SMILES string of the molecule is Cc1ccc(Nc2ncnc(NN3CCN(C)CC3)c2[N+](=O)[O-])cc1. The number of aryl methyl sites for hydroxylation is 1. The van der Waals surface area contributed by atoms with Crippen molar-refractivity contribution >= 4 is 23.0 Å². The van der Waals surface area contributed by atoms with E-state index in [4.69, 9.17) is 0 Å². The van der Waals surface area contributed by atoms with E-state index >= 15 is 0 Å². The summed E-state index contributed by atoms with van der Waals surface area (Å²) in [4.78, 5) is 21.5. The summed E-state index contributed by atoms with van der Waals surface area (Å²) in [5.74, 6) is 0.361. The first-order valence-electron chi connectivity index (χ1n) is 8.06. The maximum atomic E-state index is 11.6. The maximum Gasteiger partial charge on any atom is 0.354 e. The molecular formula is C16H21N7O2. The number of likely N-dealkylation sites (N-methyl/N-ethyl adjacent to an activating group) is 1. The molecule has 0 aliphatic carbocycles. The number of aromatic nitrogens is 2. The molecule has 3 rings (SSSR count). The monoisotopic (exact) mass is 343 g/mol. The van der Waals surface area contributed by atoms with Gasteiger partial charge in [-0.3, -0.25) is 15.5 Å². The molecule has 9 heteroatoms. The first kappa shape index (κ1) is 17.1. The molecule has 9 nitrogen and oxygen atoms in total. The van der Waals surface area contributed by atoms with Gasteiger partial charge in [0.25, 0.3) is 0 Å². The average Bonchev–Trinajstić information content (AvgIpc) is 2.59. The fourth-order valence-corrected chi connectivity index (χ4v) is 2.57. The molecule has 0 saturated carbocycles. The second kappa shape index (κ2) is 7.41. The summed E-state index contributed by atoms with van der Waals surface area (Å²) in [5, 5.41) is 16.5. The number of benzene rings is 1. The van der Waals surface area contributed by atoms with E-state index in [0.29, 0.717) is 0 Å². The zero-order valence-corrected chi connectivity index (χ0v) is 14.3. The smallest absolute Gasteiger partial charge is 0.334 e. The zero-order chi connectivity index (χ0) is 17.8. The maximum absolute atomic E-state index is 11.6. The summed E-state index contributed by atoms with van der Waals surface area (Å²) in [6, 6.07) is 7.57. The molecule has 1 aromatic carbocycles. The average molecular weight is 343 g/mol. The van der Waals surface area contributed by atoms with E-state index in [-0.39, 0.29) is 17.3 Å². The van der Waals surface area contributed by atoms with Crippen LogP contribution in [0.1, 0.15) is 5.56 Å². The molecule has 1 aliphatic heterocycles. The van der Waals surface area contributed by atoms with Crippen LogP contribution in [0, 0.1) is 17.0 Å². The third kappa shape index (κ3) is 4.20. The number of piperazine rings is 1. The Morgan fingerprint density at radius 1 is 1.08 bits per heavy atom. The van der Waals surface area contributed by atoms with Crippen LogP contribution in [0.4, 0.5) is 23.0 Å². The fraction of sp³-hybridized carbons (Fsp3) is 0.375. The second-order valence-electron chi connectivity index (χ2n) is 6.07. The fourth-order valence-electron chi connectivity index (χ4n) is 2.57. The van der Waals surface area contributed by atoms with Gasteiger partial charge in [0.05, 0.1) is 4.92 Å². The number of nitro groups is 1. The number of hydrogen-bond donors (Lipinski definition) is 2. The van der Waals surface area contributed by atoms with Crippen LogP contribution in [0.15, 0.2) is 30.6 Å². The Kier molecular flexibility index (Phi) is 5.05. The van der Waals surface area contributed by atoms with Gasteiger partial charge in [-0.1, -0.05) is 17.7 Å². The van der Waals surface area contributed by atoms with E-state index in [1.165, 1.54) is 6.33 Å². The molecule has 0 spiro atoms. The zero-order valence-electron chi connectivity index (χ0n) is 14.3. The number of nitrogens with one attached hydrogen (secondary N) is 2. The largest absolute Gasteiger partial charge is 0.354 e. The summed E-state index contributed by atoms with van der Waals surface area (Å²) < 4.78 is 0. The van der Waals surface area contributed by atoms with Crippen LogP contribution in [0.2, 0.25) is 0 Å². The molecule has 2 N–H and O–H groups in total. The van der Waals surface area contributed by atoms with Gasteiger partial charge in [0.15, 0.2) is 0 Å². The number of anilines is 3. The van der Waals surface area contributed by atoms with Gasteiger partial charge in [-0.15, -0.1) is 0 Å². The molecule has 1 saturated heterocycles. The summed E-state index contributed by atoms with van der Waals surface area (Å²) >= 11 is 0. The number of hydrogen-bond acceptors (Lipinski definition) is 8. The van der Waals surface area contributed by atoms with Crippen LogP contribution < -0.4 is 10.7 Å². The highest BCUT2D eigenvalue weighted by atomic mass is 16.6. The third-order valence-electron chi connectivity index (χ3n) is 4.09. The third-order valence-corrected chi connectivity index (χ3v) is 4.09. The number of rotatable bonds is 5. The van der Waals surface area contributed by atoms with Crippen molar-refractivity contribution in [1.82, 2.24) is 19.9 Å². The predicted molar refractivity (Wildman–Crippen MR) is 95.8 cm³/mol. The van der Waals surface area contributed by atoms with Gasteiger partial charge >= 0.3 is 5.69 Å². The van der Waals surface area contributed by atoms with Gasteiger partial charge in [-0.05, 0) is 26.1 Å². The van der Waals surface area contributed by atoms with E-state index in [1.54, 1.807) is 0 Å². The highest BCUT2D eigenvalue weighted by Crippen LogP contribution is 2.31. The van der Waals surface area contributed by atoms with Crippen LogP contribution in [-0.2, 0) is 0 Å². The molecule has 0 atom stereocenters. The molecule has 0 unspecified atom stereocenters. The van der Waals surface area contributed by atoms with Gasteiger partial charge in [-0.2, -0.15) is 0 Å². The van der Waals surface area contributed by atoms with E-state index in [9.17, 15) is 10.1 Å². The van der Waals surface area contributed by atoms with Crippen molar-refractivity contribution in [1.29, 1.82) is 0 Å². The number of nitrogens with zero attached hydrogens (tertiary/aromatic N) is 5. The molecule has 1 aliphatic rings. The standard InChI is InChI=1S/C16H21N7O2/c1-12-3-5-13(6-4-12)19-15-14(23(24)25)16(18-11-17-15)20-22-9-7-21(2)8-10-22/h3-6,11H,7-10H2,1-2H3,(H2,17,18,19,20). The Morgan fingerprint density at radius 3 is 2.36 bits per heavy atom. The van der Waals surface area contributed by atoms with E-state index in [0.717, 1.165) is 37.4 Å². The Bertz CT molecular complexity index is 743. The summed E-state index contributed by atoms with van der Waals surface area (Å²) in [5.41, 5.74) is 4.74. The lowest BCUT2D eigenvalue weighted by Gasteiger charge is -2.32. The Balaban J connectivity index is 1.83. The van der Waals surface area contributed by atoms with Crippen LogP contribution in [0.5, 0.6) is 0 Å². The number of hydrazine groups is 1. The first-order chi connectivity index (χ1) is 12.0.